The van der Waals surface area contributed by atoms with Crippen LogP contribution in [0.25, 0.3) is 0 Å². The lowest BCUT2D eigenvalue weighted by Crippen LogP contribution is -2.24. The minimum Gasteiger partial charge on any atom is -0.384 e. The van der Waals surface area contributed by atoms with Crippen LogP contribution in [-0.2, 0) is 16.4 Å². The average molecular weight is 317 g/mol. The van der Waals surface area contributed by atoms with Crippen molar-refractivity contribution in [1.82, 2.24) is 4.72 Å². The standard InChI is InChI=1S/C11H13BrN2O2S/c1-8(12)7-14-17(15,16)10-3-2-9-4-5-13-11(9)6-10/h2-3,6,13-14H,1,4-5,7H2. The molecule has 2 rings (SSSR count). The molecule has 0 saturated heterocycles. The van der Waals surface area contributed by atoms with Crippen molar-refractivity contribution in [1.29, 1.82) is 0 Å². The van der Waals surface area contributed by atoms with Crippen molar-refractivity contribution >= 4 is 31.6 Å². The molecule has 92 valence electrons. The molecule has 0 amide bonds. The van der Waals surface area contributed by atoms with E-state index in [4.69, 9.17) is 0 Å². The van der Waals surface area contributed by atoms with Gasteiger partial charge in [-0.1, -0.05) is 28.6 Å². The van der Waals surface area contributed by atoms with E-state index < -0.39 is 10.0 Å². The van der Waals surface area contributed by atoms with Gasteiger partial charge in [-0.15, -0.1) is 0 Å². The van der Waals surface area contributed by atoms with E-state index in [1.165, 1.54) is 0 Å². The van der Waals surface area contributed by atoms with E-state index in [-0.39, 0.29) is 11.4 Å². The molecule has 0 saturated carbocycles. The molecule has 0 atom stereocenters. The second-order valence-electron chi connectivity index (χ2n) is 3.84. The zero-order valence-electron chi connectivity index (χ0n) is 9.16. The highest BCUT2D eigenvalue weighted by Gasteiger charge is 2.17. The molecule has 1 aliphatic heterocycles. The van der Waals surface area contributed by atoms with E-state index in [1.807, 2.05) is 6.07 Å². The first-order valence-corrected chi connectivity index (χ1v) is 7.46. The Balaban J connectivity index is 2.24. The Bertz CT molecular complexity index is 555. The first kappa shape index (κ1) is 12.6. The summed E-state index contributed by atoms with van der Waals surface area (Å²) in [5, 5.41) is 3.16. The monoisotopic (exact) mass is 316 g/mol. The van der Waals surface area contributed by atoms with Gasteiger partial charge in [-0.3, -0.25) is 0 Å². The molecule has 0 bridgehead atoms. The van der Waals surface area contributed by atoms with Gasteiger partial charge >= 0.3 is 0 Å². The third kappa shape index (κ3) is 2.88. The maximum absolute atomic E-state index is 11.9. The van der Waals surface area contributed by atoms with Crippen LogP contribution < -0.4 is 10.0 Å². The summed E-state index contributed by atoms with van der Waals surface area (Å²) in [5.74, 6) is 0. The predicted molar refractivity (Wildman–Crippen MR) is 71.9 cm³/mol. The number of rotatable bonds is 4. The van der Waals surface area contributed by atoms with Gasteiger partial charge in [-0.05, 0) is 24.1 Å². The quantitative estimate of drug-likeness (QED) is 0.891. The van der Waals surface area contributed by atoms with Gasteiger partial charge in [0.05, 0.1) is 4.90 Å². The molecule has 1 heterocycles. The highest BCUT2D eigenvalue weighted by atomic mass is 79.9. The lowest BCUT2D eigenvalue weighted by Gasteiger charge is -2.07. The Hall–Kier alpha value is -0.850. The predicted octanol–water partition coefficient (Wildman–Crippen LogP) is 1.84. The van der Waals surface area contributed by atoms with Gasteiger partial charge in [0.2, 0.25) is 10.0 Å². The molecule has 1 aliphatic rings. The topological polar surface area (TPSA) is 58.2 Å². The average Bonchev–Trinajstić information content (AvgIpc) is 2.73. The van der Waals surface area contributed by atoms with Crippen LogP contribution in [-0.4, -0.2) is 21.5 Å². The Morgan fingerprint density at radius 3 is 3.00 bits per heavy atom. The number of benzene rings is 1. The number of hydrogen-bond acceptors (Lipinski definition) is 3. The maximum Gasteiger partial charge on any atom is 0.240 e. The fourth-order valence-corrected chi connectivity index (χ4v) is 3.07. The first-order valence-electron chi connectivity index (χ1n) is 5.19. The molecule has 0 spiro atoms. The smallest absolute Gasteiger partial charge is 0.240 e. The van der Waals surface area contributed by atoms with Crippen molar-refractivity contribution in [2.75, 3.05) is 18.4 Å². The van der Waals surface area contributed by atoms with Crippen molar-refractivity contribution in [2.24, 2.45) is 0 Å². The fraction of sp³-hybridized carbons (Fsp3) is 0.273. The van der Waals surface area contributed by atoms with Crippen LogP contribution in [0.15, 0.2) is 34.2 Å². The fourth-order valence-electron chi connectivity index (χ4n) is 1.69. The van der Waals surface area contributed by atoms with Crippen molar-refractivity contribution in [3.05, 3.63) is 34.8 Å². The highest BCUT2D eigenvalue weighted by Crippen LogP contribution is 2.25. The number of hydrogen-bond donors (Lipinski definition) is 2. The Morgan fingerprint density at radius 1 is 1.53 bits per heavy atom. The summed E-state index contributed by atoms with van der Waals surface area (Å²) in [6, 6.07) is 5.15. The zero-order valence-corrected chi connectivity index (χ0v) is 11.6. The van der Waals surface area contributed by atoms with E-state index in [0.717, 1.165) is 24.2 Å². The Morgan fingerprint density at radius 2 is 2.29 bits per heavy atom. The lowest BCUT2D eigenvalue weighted by molar-refractivity contribution is 0.585. The van der Waals surface area contributed by atoms with Crippen LogP contribution in [0.4, 0.5) is 5.69 Å². The van der Waals surface area contributed by atoms with Gasteiger partial charge in [-0.25, -0.2) is 13.1 Å². The van der Waals surface area contributed by atoms with Crippen LogP contribution in [0.2, 0.25) is 0 Å². The minimum absolute atomic E-state index is 0.187. The molecule has 2 N–H and O–H groups in total. The third-order valence-electron chi connectivity index (χ3n) is 2.56. The van der Waals surface area contributed by atoms with Crippen LogP contribution in [0.5, 0.6) is 0 Å². The van der Waals surface area contributed by atoms with E-state index in [0.29, 0.717) is 4.48 Å². The molecular formula is C11H13BrN2O2S. The third-order valence-corrected chi connectivity index (χ3v) is 4.23. The number of fused-ring (bicyclic) bond motifs is 1. The lowest BCUT2D eigenvalue weighted by atomic mass is 10.2. The number of nitrogens with one attached hydrogen (secondary N) is 2. The van der Waals surface area contributed by atoms with Gasteiger partial charge in [0.25, 0.3) is 0 Å². The highest BCUT2D eigenvalue weighted by molar-refractivity contribution is 9.11. The van der Waals surface area contributed by atoms with E-state index >= 15 is 0 Å². The van der Waals surface area contributed by atoms with Crippen LogP contribution in [0.1, 0.15) is 5.56 Å². The van der Waals surface area contributed by atoms with Crippen molar-refractivity contribution in [3.8, 4) is 0 Å². The normalized spacial score (nSPS) is 14.2. The molecule has 17 heavy (non-hydrogen) atoms. The summed E-state index contributed by atoms with van der Waals surface area (Å²) in [6.07, 6.45) is 0.946. The summed E-state index contributed by atoms with van der Waals surface area (Å²) in [5.41, 5.74) is 2.07. The number of anilines is 1. The molecule has 0 aliphatic carbocycles. The Kier molecular flexibility index (Phi) is 3.56. The van der Waals surface area contributed by atoms with Crippen LogP contribution >= 0.6 is 15.9 Å². The minimum atomic E-state index is -3.46. The summed E-state index contributed by atoms with van der Waals surface area (Å²) >= 11 is 3.12. The largest absolute Gasteiger partial charge is 0.384 e. The number of halogens is 1. The maximum atomic E-state index is 11.9. The summed E-state index contributed by atoms with van der Waals surface area (Å²) < 4.78 is 26.9. The summed E-state index contributed by atoms with van der Waals surface area (Å²) in [4.78, 5) is 0.277. The van der Waals surface area contributed by atoms with E-state index in [1.54, 1.807) is 12.1 Å². The molecule has 1 aromatic rings. The van der Waals surface area contributed by atoms with Crippen LogP contribution in [0, 0.1) is 0 Å². The van der Waals surface area contributed by atoms with Crippen LogP contribution in [0.3, 0.4) is 0 Å². The molecule has 1 aromatic carbocycles. The molecule has 0 fully saturated rings. The molecule has 0 unspecified atom stereocenters. The van der Waals surface area contributed by atoms with Gasteiger partial charge in [-0.2, -0.15) is 0 Å². The van der Waals surface area contributed by atoms with E-state index in [9.17, 15) is 8.42 Å². The zero-order chi connectivity index (χ0) is 12.5. The van der Waals surface area contributed by atoms with Gasteiger partial charge < -0.3 is 5.32 Å². The molecular weight excluding hydrogens is 304 g/mol. The molecule has 4 nitrogen and oxygen atoms in total. The SMILES string of the molecule is C=C(Br)CNS(=O)(=O)c1ccc2c(c1)NCC2. The molecule has 6 heteroatoms. The second-order valence-corrected chi connectivity index (χ2v) is 6.73. The van der Waals surface area contributed by atoms with E-state index in [2.05, 4.69) is 32.5 Å². The Labute approximate surface area is 109 Å². The first-order chi connectivity index (χ1) is 7.99. The summed E-state index contributed by atoms with van der Waals surface area (Å²) in [6.45, 7) is 4.64. The van der Waals surface area contributed by atoms with Gasteiger partial charge in [0.1, 0.15) is 0 Å². The molecule has 0 aromatic heterocycles. The van der Waals surface area contributed by atoms with Gasteiger partial charge in [0.15, 0.2) is 0 Å². The van der Waals surface area contributed by atoms with Crippen molar-refractivity contribution < 1.29 is 8.42 Å². The molecule has 0 radical (unpaired) electrons. The second kappa shape index (κ2) is 4.80. The van der Waals surface area contributed by atoms with Crippen molar-refractivity contribution in [3.63, 3.8) is 0 Å². The summed E-state index contributed by atoms with van der Waals surface area (Å²) in [7, 11) is -3.46. The van der Waals surface area contributed by atoms with Gasteiger partial charge in [0, 0.05) is 23.3 Å². The van der Waals surface area contributed by atoms with Crippen molar-refractivity contribution in [2.45, 2.75) is 11.3 Å². The number of sulfonamides is 1.